The fourth-order valence-electron chi connectivity index (χ4n) is 3.57. The van der Waals surface area contributed by atoms with Gasteiger partial charge in [0.1, 0.15) is 12.4 Å². The summed E-state index contributed by atoms with van der Waals surface area (Å²) in [7, 11) is 1.60. The number of aliphatic hydroxyl groups is 1. The van der Waals surface area contributed by atoms with Crippen LogP contribution in [0.4, 0.5) is 0 Å². The first kappa shape index (κ1) is 21.6. The summed E-state index contributed by atoms with van der Waals surface area (Å²) < 4.78 is 10.9. The van der Waals surface area contributed by atoms with Gasteiger partial charge in [-0.2, -0.15) is 0 Å². The number of hydrogen-bond donors (Lipinski definition) is 1. The molecular formula is C24H27NO5. The van der Waals surface area contributed by atoms with Crippen LogP contribution in [0.25, 0.3) is 0 Å². The highest BCUT2D eigenvalue weighted by atomic mass is 16.5. The molecule has 30 heavy (non-hydrogen) atoms. The predicted octanol–water partition coefficient (Wildman–Crippen LogP) is 3.98. The number of benzene rings is 2. The molecule has 158 valence electrons. The van der Waals surface area contributed by atoms with E-state index in [2.05, 4.69) is 0 Å². The summed E-state index contributed by atoms with van der Waals surface area (Å²) in [6.07, 6.45) is 0.825. The lowest BCUT2D eigenvalue weighted by molar-refractivity contribution is -0.129. The summed E-state index contributed by atoms with van der Waals surface area (Å²) >= 11 is 0. The third-order valence-electron chi connectivity index (χ3n) is 5.12. The molecular weight excluding hydrogens is 382 g/mol. The molecule has 6 heteroatoms. The van der Waals surface area contributed by atoms with Crippen molar-refractivity contribution in [2.75, 3.05) is 20.3 Å². The second kappa shape index (κ2) is 10.1. The summed E-state index contributed by atoms with van der Waals surface area (Å²) in [5, 5.41) is 10.4. The number of ether oxygens (including phenoxy) is 2. The van der Waals surface area contributed by atoms with Gasteiger partial charge in [0.15, 0.2) is 11.5 Å². The Balaban J connectivity index is 1.81. The van der Waals surface area contributed by atoms with Crippen molar-refractivity contribution in [3.8, 4) is 5.75 Å². The van der Waals surface area contributed by atoms with E-state index in [1.807, 2.05) is 54.6 Å². The van der Waals surface area contributed by atoms with E-state index in [4.69, 9.17) is 9.47 Å². The highest BCUT2D eigenvalue weighted by Gasteiger charge is 2.42. The van der Waals surface area contributed by atoms with Gasteiger partial charge in [0.25, 0.3) is 5.91 Å². The van der Waals surface area contributed by atoms with Crippen molar-refractivity contribution >= 4 is 11.7 Å². The molecule has 1 amide bonds. The minimum Gasteiger partial charge on any atom is -0.503 e. The van der Waals surface area contributed by atoms with Crippen LogP contribution in [0.3, 0.4) is 0 Å². The molecule has 1 aliphatic rings. The number of ketones is 1. The maximum absolute atomic E-state index is 12.6. The van der Waals surface area contributed by atoms with E-state index in [9.17, 15) is 14.7 Å². The van der Waals surface area contributed by atoms with Crippen LogP contribution < -0.4 is 4.74 Å². The van der Waals surface area contributed by atoms with Crippen LogP contribution in [0.5, 0.6) is 5.75 Å². The Bertz CT molecular complexity index is 905. The Hall–Kier alpha value is -3.12. The van der Waals surface area contributed by atoms with Crippen molar-refractivity contribution < 1.29 is 24.2 Å². The summed E-state index contributed by atoms with van der Waals surface area (Å²) in [5.41, 5.74) is 1.99. The van der Waals surface area contributed by atoms with Gasteiger partial charge >= 0.3 is 0 Å². The molecule has 1 atom stereocenters. The van der Waals surface area contributed by atoms with Crippen LogP contribution in [0.15, 0.2) is 65.9 Å². The molecule has 2 aromatic carbocycles. The zero-order valence-corrected chi connectivity index (χ0v) is 17.3. The zero-order valence-electron chi connectivity index (χ0n) is 17.3. The summed E-state index contributed by atoms with van der Waals surface area (Å²) in [6.45, 7) is 3.04. The summed E-state index contributed by atoms with van der Waals surface area (Å²) in [5.74, 6) is -0.509. The van der Waals surface area contributed by atoms with E-state index >= 15 is 0 Å². The number of amides is 1. The average molecular weight is 409 g/mol. The molecule has 0 aromatic heterocycles. The third-order valence-corrected chi connectivity index (χ3v) is 5.12. The maximum Gasteiger partial charge on any atom is 0.290 e. The number of carbonyl (C=O) groups is 2. The first-order valence-corrected chi connectivity index (χ1v) is 10.1. The van der Waals surface area contributed by atoms with Crippen molar-refractivity contribution in [1.82, 2.24) is 4.90 Å². The first-order valence-electron chi connectivity index (χ1n) is 10.1. The summed E-state index contributed by atoms with van der Waals surface area (Å²) in [4.78, 5) is 26.7. The summed E-state index contributed by atoms with van der Waals surface area (Å²) in [6, 6.07) is 16.6. The average Bonchev–Trinajstić information content (AvgIpc) is 3.03. The van der Waals surface area contributed by atoms with Gasteiger partial charge in [-0.15, -0.1) is 0 Å². The van der Waals surface area contributed by atoms with Gasteiger partial charge in [0, 0.05) is 26.7 Å². The van der Waals surface area contributed by atoms with E-state index in [0.29, 0.717) is 31.9 Å². The monoisotopic (exact) mass is 409 g/mol. The van der Waals surface area contributed by atoms with Crippen molar-refractivity contribution in [2.24, 2.45) is 0 Å². The minimum absolute atomic E-state index is 0.165. The molecule has 0 fully saturated rings. The van der Waals surface area contributed by atoms with Crippen LogP contribution in [-0.4, -0.2) is 42.0 Å². The molecule has 6 nitrogen and oxygen atoms in total. The van der Waals surface area contributed by atoms with E-state index in [1.54, 1.807) is 14.0 Å². The Morgan fingerprint density at radius 1 is 1.10 bits per heavy atom. The lowest BCUT2D eigenvalue weighted by Crippen LogP contribution is -2.32. The van der Waals surface area contributed by atoms with E-state index in [1.165, 1.54) is 4.90 Å². The largest absolute Gasteiger partial charge is 0.503 e. The standard InChI is InChI=1S/C24H27NO5/c1-3-20(26)21-22(25(14-7-15-29-2)24(28)23(21)27)18-10-12-19(13-11-18)30-16-17-8-5-4-6-9-17/h4-6,8-13,22,27H,3,7,14-16H2,1-2H3. The second-order valence-electron chi connectivity index (χ2n) is 7.13. The van der Waals surface area contributed by atoms with E-state index in [0.717, 1.165) is 11.1 Å². The highest BCUT2D eigenvalue weighted by Crippen LogP contribution is 2.38. The molecule has 0 saturated heterocycles. The number of hydrogen-bond acceptors (Lipinski definition) is 5. The van der Waals surface area contributed by atoms with Crippen molar-refractivity contribution in [3.63, 3.8) is 0 Å². The van der Waals surface area contributed by atoms with Crippen LogP contribution in [0.2, 0.25) is 0 Å². The lowest BCUT2D eigenvalue weighted by Gasteiger charge is -2.27. The van der Waals surface area contributed by atoms with Crippen molar-refractivity contribution in [1.29, 1.82) is 0 Å². The topological polar surface area (TPSA) is 76.1 Å². The fourth-order valence-corrected chi connectivity index (χ4v) is 3.57. The van der Waals surface area contributed by atoms with E-state index < -0.39 is 17.7 Å². The van der Waals surface area contributed by atoms with Gasteiger partial charge in [-0.25, -0.2) is 0 Å². The molecule has 1 N–H and O–H groups in total. The van der Waals surface area contributed by atoms with Gasteiger partial charge in [0.05, 0.1) is 11.6 Å². The molecule has 0 bridgehead atoms. The van der Waals surface area contributed by atoms with Crippen LogP contribution in [-0.2, 0) is 20.9 Å². The molecule has 3 rings (SSSR count). The van der Waals surface area contributed by atoms with Gasteiger partial charge in [-0.1, -0.05) is 49.4 Å². The number of Topliss-reactive ketones (excluding diaryl/α,β-unsaturated/α-hetero) is 1. The number of carbonyl (C=O) groups excluding carboxylic acids is 2. The van der Waals surface area contributed by atoms with Crippen LogP contribution >= 0.6 is 0 Å². The smallest absolute Gasteiger partial charge is 0.290 e. The molecule has 0 aliphatic carbocycles. The molecule has 2 aromatic rings. The molecule has 1 aliphatic heterocycles. The zero-order chi connectivity index (χ0) is 21.5. The van der Waals surface area contributed by atoms with Crippen molar-refractivity contribution in [3.05, 3.63) is 77.1 Å². The van der Waals surface area contributed by atoms with Gasteiger partial charge in [-0.05, 0) is 29.7 Å². The van der Waals surface area contributed by atoms with Gasteiger partial charge < -0.3 is 19.5 Å². The maximum atomic E-state index is 12.6. The second-order valence-corrected chi connectivity index (χ2v) is 7.13. The first-order chi connectivity index (χ1) is 14.6. The molecule has 0 radical (unpaired) electrons. The molecule has 0 spiro atoms. The van der Waals surface area contributed by atoms with Crippen LogP contribution in [0.1, 0.15) is 36.9 Å². The number of nitrogens with zero attached hydrogens (tertiary/aromatic N) is 1. The molecule has 1 heterocycles. The van der Waals surface area contributed by atoms with Crippen molar-refractivity contribution in [2.45, 2.75) is 32.4 Å². The number of rotatable bonds is 10. The SMILES string of the molecule is CCC(=O)C1=C(O)C(=O)N(CCCOC)C1c1ccc(OCc2ccccc2)cc1. The normalized spacial score (nSPS) is 16.3. The molecule has 0 saturated carbocycles. The lowest BCUT2D eigenvalue weighted by atomic mass is 9.95. The van der Waals surface area contributed by atoms with Crippen LogP contribution in [0, 0.1) is 0 Å². The minimum atomic E-state index is -0.607. The quantitative estimate of drug-likeness (QED) is 0.601. The Morgan fingerprint density at radius 2 is 1.80 bits per heavy atom. The predicted molar refractivity (Wildman–Crippen MR) is 113 cm³/mol. The molecule has 1 unspecified atom stereocenters. The number of methoxy groups -OCH3 is 1. The number of aliphatic hydroxyl groups excluding tert-OH is 1. The fraction of sp³-hybridized carbons (Fsp3) is 0.333. The highest BCUT2D eigenvalue weighted by molar-refractivity contribution is 6.08. The Morgan fingerprint density at radius 3 is 2.43 bits per heavy atom. The Kier molecular flexibility index (Phi) is 7.25. The van der Waals surface area contributed by atoms with Gasteiger partial charge in [0.2, 0.25) is 0 Å². The van der Waals surface area contributed by atoms with E-state index in [-0.39, 0.29) is 17.8 Å². The third kappa shape index (κ3) is 4.71. The Labute approximate surface area is 176 Å². The van der Waals surface area contributed by atoms with Gasteiger partial charge in [-0.3, -0.25) is 9.59 Å².